The lowest BCUT2D eigenvalue weighted by molar-refractivity contribution is 0.174. The van der Waals surface area contributed by atoms with Crippen LogP contribution >= 0.6 is 0 Å². The minimum absolute atomic E-state index is 0.312. The molecule has 0 radical (unpaired) electrons. The molecule has 0 bridgehead atoms. The molecule has 0 fully saturated rings. The number of guanidine groups is 1. The third-order valence-electron chi connectivity index (χ3n) is 2.94. The molecule has 5 nitrogen and oxygen atoms in total. The van der Waals surface area contributed by atoms with E-state index in [4.69, 9.17) is 9.47 Å². The zero-order valence-electron chi connectivity index (χ0n) is 11.5. The Morgan fingerprint density at radius 3 is 2.89 bits per heavy atom. The van der Waals surface area contributed by atoms with Gasteiger partial charge in [-0.3, -0.25) is 4.99 Å². The molecule has 0 aromatic heterocycles. The zero-order chi connectivity index (χ0) is 13.5. The molecule has 1 aliphatic heterocycles. The van der Waals surface area contributed by atoms with Gasteiger partial charge in [-0.05, 0) is 24.1 Å². The van der Waals surface area contributed by atoms with E-state index in [9.17, 15) is 0 Å². The smallest absolute Gasteiger partial charge is 0.231 e. The monoisotopic (exact) mass is 263 g/mol. The van der Waals surface area contributed by atoms with Gasteiger partial charge in [0.2, 0.25) is 6.79 Å². The summed E-state index contributed by atoms with van der Waals surface area (Å²) >= 11 is 0. The molecule has 104 valence electrons. The first kappa shape index (κ1) is 13.5. The summed E-state index contributed by atoms with van der Waals surface area (Å²) < 4.78 is 10.6. The number of aliphatic imine (C=N–C) groups is 1. The fraction of sp³-hybridized carbons (Fsp3) is 0.500. The molecule has 1 aliphatic rings. The quantitative estimate of drug-likeness (QED) is 0.484. The van der Waals surface area contributed by atoms with Crippen LogP contribution in [0.2, 0.25) is 0 Å². The molecule has 1 heterocycles. The van der Waals surface area contributed by atoms with Crippen molar-refractivity contribution in [3.05, 3.63) is 23.8 Å². The molecule has 2 N–H and O–H groups in total. The number of rotatable bonds is 5. The van der Waals surface area contributed by atoms with Crippen LogP contribution in [-0.2, 0) is 6.54 Å². The van der Waals surface area contributed by atoms with Gasteiger partial charge in [-0.2, -0.15) is 0 Å². The van der Waals surface area contributed by atoms with E-state index in [0.29, 0.717) is 13.3 Å². The first-order valence-electron chi connectivity index (χ1n) is 6.66. The summed E-state index contributed by atoms with van der Waals surface area (Å²) in [6, 6.07) is 5.96. The lowest BCUT2D eigenvalue weighted by atomic mass is 10.2. The number of fused-ring (bicyclic) bond motifs is 1. The van der Waals surface area contributed by atoms with E-state index in [0.717, 1.165) is 36.0 Å². The van der Waals surface area contributed by atoms with Crippen LogP contribution in [0.1, 0.15) is 25.3 Å². The summed E-state index contributed by atoms with van der Waals surface area (Å²) in [4.78, 5) is 4.19. The van der Waals surface area contributed by atoms with Crippen molar-refractivity contribution in [1.29, 1.82) is 0 Å². The molecule has 1 aromatic rings. The van der Waals surface area contributed by atoms with E-state index < -0.39 is 0 Å². The highest BCUT2D eigenvalue weighted by Crippen LogP contribution is 2.32. The fourth-order valence-corrected chi connectivity index (χ4v) is 1.84. The standard InChI is InChI=1S/C14H21N3O2/c1-3-4-7-16-14(15-2)17-9-11-5-6-12-13(8-11)19-10-18-12/h5-6,8H,3-4,7,9-10H2,1-2H3,(H2,15,16,17). The number of nitrogens with zero attached hydrogens (tertiary/aromatic N) is 1. The maximum absolute atomic E-state index is 5.36. The van der Waals surface area contributed by atoms with E-state index in [1.165, 1.54) is 6.42 Å². The molecule has 0 saturated carbocycles. The van der Waals surface area contributed by atoms with Crippen LogP contribution < -0.4 is 20.1 Å². The average Bonchev–Trinajstić information content (AvgIpc) is 2.90. The maximum atomic E-state index is 5.36. The van der Waals surface area contributed by atoms with Crippen LogP contribution in [0.15, 0.2) is 23.2 Å². The van der Waals surface area contributed by atoms with Crippen LogP contribution in [0.25, 0.3) is 0 Å². The normalized spacial score (nSPS) is 13.5. The third-order valence-corrected chi connectivity index (χ3v) is 2.94. The highest BCUT2D eigenvalue weighted by atomic mass is 16.7. The Kier molecular flexibility index (Phi) is 4.89. The molecule has 0 atom stereocenters. The van der Waals surface area contributed by atoms with E-state index in [1.54, 1.807) is 7.05 Å². The van der Waals surface area contributed by atoms with Gasteiger partial charge in [0.25, 0.3) is 0 Å². The van der Waals surface area contributed by atoms with Gasteiger partial charge in [0, 0.05) is 20.1 Å². The lowest BCUT2D eigenvalue weighted by Crippen LogP contribution is -2.37. The van der Waals surface area contributed by atoms with Crippen molar-refractivity contribution >= 4 is 5.96 Å². The molecule has 0 saturated heterocycles. The highest BCUT2D eigenvalue weighted by Gasteiger charge is 2.12. The van der Waals surface area contributed by atoms with E-state index in [1.807, 2.05) is 18.2 Å². The highest BCUT2D eigenvalue weighted by molar-refractivity contribution is 5.79. The van der Waals surface area contributed by atoms with Gasteiger partial charge in [0.1, 0.15) is 0 Å². The molecular weight excluding hydrogens is 242 g/mol. The number of nitrogens with one attached hydrogen (secondary N) is 2. The largest absolute Gasteiger partial charge is 0.454 e. The Balaban J connectivity index is 1.84. The van der Waals surface area contributed by atoms with Crippen molar-refractivity contribution in [2.75, 3.05) is 20.4 Å². The van der Waals surface area contributed by atoms with Gasteiger partial charge >= 0.3 is 0 Å². The Labute approximate surface area is 114 Å². The predicted molar refractivity (Wildman–Crippen MR) is 75.7 cm³/mol. The second-order valence-electron chi connectivity index (χ2n) is 4.39. The topological polar surface area (TPSA) is 54.9 Å². The van der Waals surface area contributed by atoms with Crippen molar-refractivity contribution in [1.82, 2.24) is 10.6 Å². The molecule has 2 rings (SSSR count). The van der Waals surface area contributed by atoms with Gasteiger partial charge in [0.15, 0.2) is 17.5 Å². The Morgan fingerprint density at radius 2 is 2.11 bits per heavy atom. The zero-order valence-corrected chi connectivity index (χ0v) is 11.5. The summed E-state index contributed by atoms with van der Waals surface area (Å²) in [6.45, 7) is 4.14. The summed E-state index contributed by atoms with van der Waals surface area (Å²) in [5, 5.41) is 6.55. The average molecular weight is 263 g/mol. The van der Waals surface area contributed by atoms with Gasteiger partial charge in [-0.15, -0.1) is 0 Å². The summed E-state index contributed by atoms with van der Waals surface area (Å²) in [6.07, 6.45) is 2.32. The molecule has 0 aliphatic carbocycles. The molecule has 5 heteroatoms. The van der Waals surface area contributed by atoms with Gasteiger partial charge in [-0.25, -0.2) is 0 Å². The van der Waals surface area contributed by atoms with E-state index in [-0.39, 0.29) is 0 Å². The second kappa shape index (κ2) is 6.87. The molecule has 0 unspecified atom stereocenters. The number of hydrogen-bond acceptors (Lipinski definition) is 3. The number of hydrogen-bond donors (Lipinski definition) is 2. The van der Waals surface area contributed by atoms with Crippen molar-refractivity contribution in [3.8, 4) is 11.5 Å². The number of ether oxygens (including phenoxy) is 2. The molecule has 19 heavy (non-hydrogen) atoms. The Hall–Kier alpha value is -1.91. The molecule has 1 aromatic carbocycles. The Bertz CT molecular complexity index is 446. The van der Waals surface area contributed by atoms with Crippen LogP contribution in [0, 0.1) is 0 Å². The Morgan fingerprint density at radius 1 is 1.26 bits per heavy atom. The summed E-state index contributed by atoms with van der Waals surface area (Å²) in [5.74, 6) is 2.45. The van der Waals surface area contributed by atoms with Crippen LogP contribution in [0.5, 0.6) is 11.5 Å². The number of unbranched alkanes of at least 4 members (excludes halogenated alkanes) is 1. The number of benzene rings is 1. The predicted octanol–water partition coefficient (Wildman–Crippen LogP) is 1.88. The van der Waals surface area contributed by atoms with Gasteiger partial charge in [-0.1, -0.05) is 19.4 Å². The van der Waals surface area contributed by atoms with Crippen LogP contribution in [0.3, 0.4) is 0 Å². The van der Waals surface area contributed by atoms with Gasteiger partial charge < -0.3 is 20.1 Å². The molecule has 0 spiro atoms. The maximum Gasteiger partial charge on any atom is 0.231 e. The van der Waals surface area contributed by atoms with Gasteiger partial charge in [0.05, 0.1) is 0 Å². The van der Waals surface area contributed by atoms with Crippen LogP contribution in [-0.4, -0.2) is 26.3 Å². The fourth-order valence-electron chi connectivity index (χ4n) is 1.84. The summed E-state index contributed by atoms with van der Waals surface area (Å²) in [7, 11) is 1.78. The molecule has 0 amide bonds. The first-order valence-corrected chi connectivity index (χ1v) is 6.66. The SMILES string of the molecule is CCCCNC(=NC)NCc1ccc2c(c1)OCO2. The van der Waals surface area contributed by atoms with E-state index in [2.05, 4.69) is 22.5 Å². The molecular formula is C14H21N3O2. The van der Waals surface area contributed by atoms with Crippen LogP contribution in [0.4, 0.5) is 0 Å². The lowest BCUT2D eigenvalue weighted by Gasteiger charge is -2.11. The minimum Gasteiger partial charge on any atom is -0.454 e. The third kappa shape index (κ3) is 3.77. The van der Waals surface area contributed by atoms with Crippen molar-refractivity contribution in [2.24, 2.45) is 4.99 Å². The van der Waals surface area contributed by atoms with Crippen molar-refractivity contribution in [2.45, 2.75) is 26.3 Å². The van der Waals surface area contributed by atoms with E-state index >= 15 is 0 Å². The second-order valence-corrected chi connectivity index (χ2v) is 4.39. The van der Waals surface area contributed by atoms with Crippen molar-refractivity contribution < 1.29 is 9.47 Å². The van der Waals surface area contributed by atoms with Crippen molar-refractivity contribution in [3.63, 3.8) is 0 Å². The first-order chi connectivity index (χ1) is 9.33. The summed E-state index contributed by atoms with van der Waals surface area (Å²) in [5.41, 5.74) is 1.14. The minimum atomic E-state index is 0.312.